The zero-order valence-electron chi connectivity index (χ0n) is 41.4. The van der Waals surface area contributed by atoms with Crippen molar-refractivity contribution in [1.29, 1.82) is 0 Å². The van der Waals surface area contributed by atoms with Crippen LogP contribution in [0.15, 0.2) is 0 Å². The third-order valence-corrected chi connectivity index (χ3v) is 219. The molecule has 0 aromatic rings. The molecule has 101 heavy (non-hydrogen) atoms. The molecule has 101 heteroatoms. The van der Waals surface area contributed by atoms with Gasteiger partial charge in [-0.3, -0.25) is 0 Å². The van der Waals surface area contributed by atoms with Gasteiger partial charge in [0.25, 0.3) is 0 Å². The zero-order valence-corrected chi connectivity index (χ0v) is 123. The summed E-state index contributed by atoms with van der Waals surface area (Å²) in [5.74, 6) is 0. The van der Waals surface area contributed by atoms with Crippen molar-refractivity contribution < 1.29 is 0 Å². The molecule has 0 aliphatic heterocycles. The van der Waals surface area contributed by atoms with Crippen LogP contribution in [0.3, 0.4) is 0 Å². The van der Waals surface area contributed by atoms with E-state index in [0.717, 1.165) is 0 Å². The molecule has 0 rings (SSSR count). The average molecular weight is 3220 g/mol. The van der Waals surface area contributed by atoms with E-state index in [9.17, 15) is 0 Å². The summed E-state index contributed by atoms with van der Waals surface area (Å²) in [5.41, 5.74) is 0. The molecule has 603 valence electrons. The average Bonchev–Trinajstić information content (AvgIpc) is 3.68. The smallest absolute Gasteiger partial charge is 0 e. The van der Waals surface area contributed by atoms with Gasteiger partial charge in [0, 0.05) is 784 Å². The maximum atomic E-state index is 5.38. The quantitative estimate of drug-likeness (QED) is 0.292. The minimum atomic E-state index is 1.29. The third-order valence-electron chi connectivity index (χ3n) is 2.73. The molecule has 0 nitrogen and oxygen atoms in total. The maximum absolute atomic E-state index is 5.38. The van der Waals surface area contributed by atoms with Crippen molar-refractivity contribution in [3.05, 3.63) is 0 Å². The first-order valence-electron chi connectivity index (χ1n) is 16.7. The summed E-state index contributed by atoms with van der Waals surface area (Å²) in [5, 5.41) is 0. The van der Waals surface area contributed by atoms with Crippen molar-refractivity contribution in [2.75, 3.05) is 0 Å². The molecule has 0 aliphatic carbocycles. The van der Waals surface area contributed by atoms with Crippen molar-refractivity contribution in [3.63, 3.8) is 0 Å². The van der Waals surface area contributed by atoms with E-state index in [1.54, 1.807) is 115 Å². The Balaban J connectivity index is 6.18. The normalized spacial score (nSPS) is 7.87. The molecule has 0 saturated carbocycles. The zero-order chi connectivity index (χ0) is 72.0. The Morgan fingerprint density at radius 3 is 0.178 bits per heavy atom. The van der Waals surface area contributed by atoms with Gasteiger partial charge in [-0.25, -0.2) is 0 Å². The van der Waals surface area contributed by atoms with E-state index in [1.165, 1.54) is 18.6 Å². The summed E-state index contributed by atoms with van der Waals surface area (Å²) in [4.78, 5) is 0. The molecular weight excluding hydrogens is 3220 g/mol. The molecule has 0 aliphatic rings. The monoisotopic (exact) mass is 3210 g/mol. The molecule has 0 heterocycles. The van der Waals surface area contributed by atoms with E-state index in [-0.39, 0.29) is 0 Å². The van der Waals surface area contributed by atoms with Crippen LogP contribution >= 0.6 is 0 Å². The van der Waals surface area contributed by atoms with Crippen LogP contribution in [0.5, 0.6) is 0 Å². The van der Waals surface area contributed by atoms with Crippen LogP contribution < -0.4 is 0 Å². The Hall–Kier alpha value is 22.1. The van der Waals surface area contributed by atoms with Crippen LogP contribution in [0.4, 0.5) is 0 Å². The van der Waals surface area contributed by atoms with E-state index in [0.29, 0.717) is 0 Å². The van der Waals surface area contributed by atoms with Gasteiger partial charge >= 0.3 is 114 Å². The molecule has 0 unspecified atom stereocenters. The number of hydrogen-bond donors (Lipinski definition) is 0. The molecule has 0 atom stereocenters. The van der Waals surface area contributed by atoms with Crippen LogP contribution in [0.25, 0.3) is 0 Å². The first-order chi connectivity index (χ1) is 50.4. The number of hydrogen-bond acceptors (Lipinski definition) is 1. The molecule has 0 aromatic carbocycles. The molecule has 0 saturated heterocycles. The predicted octanol–water partition coefficient (Wildman–Crippen LogP) is -0.621. The SMILES string of the molecule is [B]=S=S=S=S=S=S=S=S=S=S=S=S=S=S=S=S=S=S=S=S=S=S=S=S=S=S=S=S=S=S=S=S=S=S=S=S=S=S=S=S=S=S=S=S=S=S=S=S=S=S=S=S=S=S=S=S=S=S=S=S=S=S=S=S=S=S=S=S=S=S=S=S=S=S=S=S=S=S=S=S=S=S=S=S=S=S=S=S=S=S=S=S=S=S=S=S=S=S=S=S. The van der Waals surface area contributed by atoms with Gasteiger partial charge in [0.1, 0.15) is 0 Å². The topological polar surface area (TPSA) is 0 Å². The minimum absolute atomic E-state index is 1.29. The summed E-state index contributed by atoms with van der Waals surface area (Å²) in [6, 6.07) is 0. The molecule has 0 amide bonds. The molecule has 0 fully saturated rings. The van der Waals surface area contributed by atoms with Crippen molar-refractivity contribution in [3.8, 4) is 0 Å². The van der Waals surface area contributed by atoms with Crippen molar-refractivity contribution in [2.45, 2.75) is 0 Å². The van der Waals surface area contributed by atoms with Crippen LogP contribution in [0.2, 0.25) is 0 Å². The minimum Gasteiger partial charge on any atom is 0 e. The van der Waals surface area contributed by atoms with Gasteiger partial charge in [0.15, 0.2) is 0 Å². The van der Waals surface area contributed by atoms with Gasteiger partial charge in [-0.2, -0.15) is 0 Å². The van der Waals surface area contributed by atoms with E-state index in [4.69, 9.17) is 17.9 Å². The van der Waals surface area contributed by atoms with Gasteiger partial charge in [-0.05, 0) is 0 Å². The standard InChI is InChI=1S/BS100/c1-3-5-7-9-11-13-15-17-19-21-23-25-27-29-31-33-35-37-39-41-43-45-47-49-51-53-55-57-59-61-63-65-67-69-71-73-75-77-79-81-83-85-87-89-91-93-95-97-99-101-100-98-96-94-92-90-88-86-84-82-80-78-76-74-72-70-68-66-64-62-60-58-56-54-52-50-48-46-44-42-40-38-36-34-32-30-28-26-24-22-20-18-16-14-12-10-8-6-4-2. The second-order valence-electron chi connectivity index (χ2n) is 6.76. The van der Waals surface area contributed by atoms with Gasteiger partial charge in [-0.1, -0.05) is 0 Å². The first-order valence-corrected chi connectivity index (χ1v) is 149. The van der Waals surface area contributed by atoms with Crippen molar-refractivity contribution in [1.82, 2.24) is 0 Å². The molecule has 0 N–H and O–H groups in total. The predicted molar refractivity (Wildman–Crippen MR) is 742 cm³/mol. The fourth-order valence-corrected chi connectivity index (χ4v) is 266. The molecular formula is BS100. The number of rotatable bonds is 0. The summed E-state index contributed by atoms with van der Waals surface area (Å²) < 4.78 is 0. The Labute approximate surface area is 869 Å². The van der Waals surface area contributed by atoms with Crippen molar-refractivity contribution in [2.24, 2.45) is 0 Å². The third kappa shape index (κ3) is 122. The molecule has 1 radical (unpaired) electrons. The Morgan fingerprint density at radius 2 is 0.129 bits per heavy atom. The summed E-state index contributed by atoms with van der Waals surface area (Å²) in [6.45, 7) is 5.38. The van der Waals surface area contributed by atoms with E-state index >= 15 is 0 Å². The fourth-order valence-electron chi connectivity index (χ4n) is 1.10. The summed E-state index contributed by atoms with van der Waals surface area (Å²) in [6.07, 6.45) is 0. The second kappa shape index (κ2) is 122. The van der Waals surface area contributed by atoms with E-state index in [1.807, 2.05) is 746 Å². The van der Waals surface area contributed by atoms with E-state index in [2.05, 4.69) is 0 Å². The van der Waals surface area contributed by atoms with Crippen LogP contribution in [0, 0.1) is 0 Å². The molecule has 0 spiro atoms. The first kappa shape index (κ1) is 123. The summed E-state index contributed by atoms with van der Waals surface area (Å²) >= 11 is 4.83. The van der Waals surface area contributed by atoms with Crippen LogP contribution in [-0.4, -0.2) is 6.72 Å². The Bertz CT molecular complexity index is 7610. The van der Waals surface area contributed by atoms with Gasteiger partial charge in [0.2, 0.25) is 0 Å². The van der Waals surface area contributed by atoms with Crippen LogP contribution in [-0.2, 0) is 891 Å². The molecule has 0 bridgehead atoms. The van der Waals surface area contributed by atoms with Gasteiger partial charge < -0.3 is 0 Å². The molecule has 0 aromatic heterocycles. The van der Waals surface area contributed by atoms with Gasteiger partial charge in [0.05, 0.1) is 0 Å². The van der Waals surface area contributed by atoms with E-state index < -0.39 is 0 Å². The second-order valence-corrected chi connectivity index (χ2v) is 181. The Kier molecular flexibility index (Phi) is 149. The Morgan fingerprint density at radius 1 is 0.0792 bits per heavy atom. The summed E-state index contributed by atoms with van der Waals surface area (Å²) in [7, 11) is 179. The fraction of sp³-hybridized carbons (Fsp3) is 0. The van der Waals surface area contributed by atoms with Crippen LogP contribution in [0.1, 0.15) is 0 Å². The van der Waals surface area contributed by atoms with Gasteiger partial charge in [-0.15, -0.1) is 0 Å². The van der Waals surface area contributed by atoms with Crippen molar-refractivity contribution >= 4 is 898 Å².